The molecule has 1 fully saturated rings. The van der Waals surface area contributed by atoms with Crippen LogP contribution in [-0.2, 0) is 11.2 Å². The van der Waals surface area contributed by atoms with Crippen LogP contribution in [-0.4, -0.2) is 42.9 Å². The highest BCUT2D eigenvalue weighted by Gasteiger charge is 2.28. The van der Waals surface area contributed by atoms with E-state index in [0.29, 0.717) is 25.2 Å². The number of ether oxygens (including phenoxy) is 1. The predicted octanol–water partition coefficient (Wildman–Crippen LogP) is 3.99. The second-order valence-electron chi connectivity index (χ2n) is 7.29. The average molecular weight is 425 g/mol. The minimum Gasteiger partial charge on any atom is -0.483 e. The van der Waals surface area contributed by atoms with Crippen LogP contribution in [0.4, 0.5) is 23.2 Å². The molecule has 2 atom stereocenters. The zero-order chi connectivity index (χ0) is 21.7. The molecule has 1 N–H and O–H groups in total. The number of aromatic nitrogens is 1. The van der Waals surface area contributed by atoms with Crippen molar-refractivity contribution in [2.24, 2.45) is 0 Å². The molecule has 5 nitrogen and oxygen atoms in total. The lowest BCUT2D eigenvalue weighted by Gasteiger charge is -2.18. The van der Waals surface area contributed by atoms with Gasteiger partial charge in [-0.3, -0.25) is 9.78 Å². The lowest BCUT2D eigenvalue weighted by Crippen LogP contribution is -2.28. The molecule has 0 bridgehead atoms. The average Bonchev–Trinajstić information content (AvgIpc) is 3.13. The van der Waals surface area contributed by atoms with E-state index in [1.165, 1.54) is 18.3 Å². The van der Waals surface area contributed by atoms with E-state index in [-0.39, 0.29) is 18.1 Å². The van der Waals surface area contributed by atoms with E-state index >= 15 is 0 Å². The second-order valence-corrected chi connectivity index (χ2v) is 7.29. The molecular weight excluding hydrogens is 402 g/mol. The third-order valence-corrected chi connectivity index (χ3v) is 4.78. The van der Waals surface area contributed by atoms with Crippen molar-refractivity contribution in [3.05, 3.63) is 53.9 Å². The van der Waals surface area contributed by atoms with Gasteiger partial charge in [0.1, 0.15) is 11.9 Å². The molecule has 162 valence electrons. The van der Waals surface area contributed by atoms with Gasteiger partial charge >= 0.3 is 6.18 Å². The highest BCUT2D eigenvalue weighted by molar-refractivity contribution is 5.79. The van der Waals surface area contributed by atoms with Crippen molar-refractivity contribution in [3.63, 3.8) is 0 Å². The summed E-state index contributed by atoms with van der Waals surface area (Å²) in [6.45, 7) is 1.43. The summed E-state index contributed by atoms with van der Waals surface area (Å²) in [6.07, 6.45) is -3.31. The van der Waals surface area contributed by atoms with Crippen LogP contribution < -0.4 is 15.0 Å². The fourth-order valence-corrected chi connectivity index (χ4v) is 3.23. The zero-order valence-electron chi connectivity index (χ0n) is 16.5. The van der Waals surface area contributed by atoms with Gasteiger partial charge in [0.15, 0.2) is 6.61 Å². The van der Waals surface area contributed by atoms with Gasteiger partial charge in [0.25, 0.3) is 0 Å². The molecule has 1 aromatic carbocycles. The minimum atomic E-state index is -4.41. The number of benzene rings is 1. The van der Waals surface area contributed by atoms with Gasteiger partial charge in [-0.15, -0.1) is 0 Å². The summed E-state index contributed by atoms with van der Waals surface area (Å²) in [4.78, 5) is 18.3. The summed E-state index contributed by atoms with van der Waals surface area (Å²) in [5.41, 5.74) is 2.26. The fourth-order valence-electron chi connectivity index (χ4n) is 3.23. The Bertz CT molecular complexity index is 841. The van der Waals surface area contributed by atoms with Crippen LogP contribution in [0.3, 0.4) is 0 Å². The molecule has 1 aromatic heterocycles. The van der Waals surface area contributed by atoms with Gasteiger partial charge in [0.2, 0.25) is 5.91 Å². The van der Waals surface area contributed by atoms with Crippen LogP contribution >= 0.6 is 0 Å². The maximum Gasteiger partial charge on any atom is 0.422 e. The number of nitrogens with zero attached hydrogens (tertiary/aromatic N) is 2. The van der Waals surface area contributed by atoms with Crippen LogP contribution in [0.5, 0.6) is 5.75 Å². The number of hydrogen-bond acceptors (Lipinski definition) is 4. The first-order chi connectivity index (χ1) is 14.2. The molecule has 2 aromatic rings. The molecule has 9 heteroatoms. The summed E-state index contributed by atoms with van der Waals surface area (Å²) < 4.78 is 54.5. The Labute approximate surface area is 172 Å². The standard InChI is InChI=1S/C21H23F4N3O2/c1-14(19-7-6-18(11-26-19)30-13-21(23,24)25)27-20(29)10-15-2-4-17(5-3-15)28-9-8-16(22)12-28/h2-7,11,14,16H,8-10,12-13H2,1H3,(H,27,29)/t14-,16-/m1/s1. The number of alkyl halides is 4. The number of pyridine rings is 1. The normalized spacial score (nSPS) is 17.6. The highest BCUT2D eigenvalue weighted by Crippen LogP contribution is 2.23. The van der Waals surface area contributed by atoms with Crippen LogP contribution in [0.1, 0.15) is 30.6 Å². The summed E-state index contributed by atoms with van der Waals surface area (Å²) in [5.74, 6) is -0.203. The zero-order valence-corrected chi connectivity index (χ0v) is 16.5. The lowest BCUT2D eigenvalue weighted by atomic mass is 10.1. The van der Waals surface area contributed by atoms with Crippen molar-refractivity contribution < 1.29 is 27.1 Å². The molecule has 0 unspecified atom stereocenters. The number of carbonyl (C=O) groups excluding carboxylic acids is 1. The van der Waals surface area contributed by atoms with Crippen molar-refractivity contribution in [3.8, 4) is 5.75 Å². The number of amides is 1. The Morgan fingerprint density at radius 1 is 1.27 bits per heavy atom. The number of hydrogen-bond donors (Lipinski definition) is 1. The molecule has 0 saturated carbocycles. The van der Waals surface area contributed by atoms with E-state index < -0.39 is 25.0 Å². The van der Waals surface area contributed by atoms with Crippen LogP contribution in [0.2, 0.25) is 0 Å². The van der Waals surface area contributed by atoms with Gasteiger partial charge in [-0.2, -0.15) is 13.2 Å². The number of rotatable bonds is 7. The van der Waals surface area contributed by atoms with Gasteiger partial charge in [0, 0.05) is 18.8 Å². The summed E-state index contributed by atoms with van der Waals surface area (Å²) in [7, 11) is 0. The Balaban J connectivity index is 1.49. The van der Waals surface area contributed by atoms with Crippen molar-refractivity contribution in [2.75, 3.05) is 24.6 Å². The molecule has 30 heavy (non-hydrogen) atoms. The molecule has 3 rings (SSSR count). The monoisotopic (exact) mass is 425 g/mol. The van der Waals surface area contributed by atoms with E-state index in [1.807, 2.05) is 29.2 Å². The summed E-state index contributed by atoms with van der Waals surface area (Å²) in [5, 5.41) is 2.81. The van der Waals surface area contributed by atoms with E-state index in [0.717, 1.165) is 11.3 Å². The van der Waals surface area contributed by atoms with Crippen molar-refractivity contribution in [1.82, 2.24) is 10.3 Å². The highest BCUT2D eigenvalue weighted by atomic mass is 19.4. The third kappa shape index (κ3) is 6.33. The molecular formula is C21H23F4N3O2. The van der Waals surface area contributed by atoms with E-state index in [9.17, 15) is 22.4 Å². The topological polar surface area (TPSA) is 54.5 Å². The van der Waals surface area contributed by atoms with E-state index in [4.69, 9.17) is 0 Å². The first-order valence-corrected chi connectivity index (χ1v) is 9.62. The Morgan fingerprint density at radius 3 is 2.57 bits per heavy atom. The van der Waals surface area contributed by atoms with Gasteiger partial charge in [0.05, 0.1) is 24.4 Å². The molecule has 1 amide bonds. The van der Waals surface area contributed by atoms with Gasteiger partial charge < -0.3 is 15.0 Å². The Kier molecular flexibility index (Phi) is 6.79. The largest absolute Gasteiger partial charge is 0.483 e. The van der Waals surface area contributed by atoms with Crippen LogP contribution in [0, 0.1) is 0 Å². The summed E-state index contributed by atoms with van der Waals surface area (Å²) >= 11 is 0. The van der Waals surface area contributed by atoms with E-state index in [2.05, 4.69) is 15.0 Å². The molecule has 0 spiro atoms. The van der Waals surface area contributed by atoms with Gasteiger partial charge in [-0.05, 0) is 43.2 Å². The van der Waals surface area contributed by atoms with Crippen molar-refractivity contribution in [2.45, 2.75) is 38.2 Å². The molecule has 0 radical (unpaired) electrons. The molecule has 2 heterocycles. The SMILES string of the molecule is C[C@@H](NC(=O)Cc1ccc(N2CC[C@@H](F)C2)cc1)c1ccc(OCC(F)(F)F)cn1. The van der Waals surface area contributed by atoms with Crippen LogP contribution in [0.15, 0.2) is 42.6 Å². The second kappa shape index (κ2) is 9.32. The first-order valence-electron chi connectivity index (χ1n) is 9.62. The Morgan fingerprint density at radius 2 is 2.00 bits per heavy atom. The van der Waals surface area contributed by atoms with E-state index in [1.54, 1.807) is 6.92 Å². The molecule has 1 saturated heterocycles. The smallest absolute Gasteiger partial charge is 0.422 e. The maximum atomic E-state index is 13.3. The third-order valence-electron chi connectivity index (χ3n) is 4.78. The van der Waals surface area contributed by atoms with Gasteiger partial charge in [-0.25, -0.2) is 4.39 Å². The first kappa shape index (κ1) is 21.9. The number of anilines is 1. The molecule has 0 aliphatic carbocycles. The predicted molar refractivity (Wildman–Crippen MR) is 104 cm³/mol. The van der Waals surface area contributed by atoms with Gasteiger partial charge in [-0.1, -0.05) is 12.1 Å². The van der Waals surface area contributed by atoms with Crippen LogP contribution in [0.25, 0.3) is 0 Å². The Hall–Kier alpha value is -2.84. The number of nitrogens with one attached hydrogen (secondary N) is 1. The van der Waals surface area contributed by atoms with Crippen molar-refractivity contribution >= 4 is 11.6 Å². The summed E-state index contributed by atoms with van der Waals surface area (Å²) in [6, 6.07) is 9.93. The van der Waals surface area contributed by atoms with Crippen molar-refractivity contribution in [1.29, 1.82) is 0 Å². The molecule has 1 aliphatic rings. The molecule has 1 aliphatic heterocycles. The fraction of sp³-hybridized carbons (Fsp3) is 0.429. The minimum absolute atomic E-state index is 0.00627. The quantitative estimate of drug-likeness (QED) is 0.682. The maximum absolute atomic E-state index is 13.3. The number of halogens is 4. The number of carbonyl (C=O) groups is 1. The lowest BCUT2D eigenvalue weighted by molar-refractivity contribution is -0.153.